The van der Waals surface area contributed by atoms with Crippen LogP contribution in [0.1, 0.15) is 16.7 Å². The fourth-order valence-electron chi connectivity index (χ4n) is 3.37. The Bertz CT molecular complexity index is 1410. The molecule has 178 valence electrons. The van der Waals surface area contributed by atoms with Gasteiger partial charge in [0.25, 0.3) is 11.8 Å². The van der Waals surface area contributed by atoms with Crippen LogP contribution in [-0.4, -0.2) is 17.8 Å². The van der Waals surface area contributed by atoms with Crippen molar-refractivity contribution < 1.29 is 19.1 Å². The molecule has 1 N–H and O–H groups in total. The van der Waals surface area contributed by atoms with Gasteiger partial charge in [-0.1, -0.05) is 61.1 Å². The minimum atomic E-state index is -0.816. The highest BCUT2D eigenvalue weighted by Gasteiger charge is 2.37. The average molecular weight is 639 g/mol. The number of halogens is 4. The number of benzene rings is 3. The Morgan fingerprint density at radius 1 is 0.971 bits per heavy atom. The maximum Gasteiger partial charge on any atom is 0.335 e. The van der Waals surface area contributed by atoms with Gasteiger partial charge in [0.2, 0.25) is 0 Å². The van der Waals surface area contributed by atoms with Crippen LogP contribution < -0.4 is 15.0 Å². The predicted octanol–water partition coefficient (Wildman–Crippen LogP) is 7.07. The molecule has 0 aliphatic carbocycles. The molecule has 1 saturated heterocycles. The first-order valence-electron chi connectivity index (χ1n) is 10.2. The van der Waals surface area contributed by atoms with Crippen LogP contribution in [0, 0.1) is 6.92 Å². The highest BCUT2D eigenvalue weighted by atomic mass is 79.9. The van der Waals surface area contributed by atoms with Crippen LogP contribution in [0.4, 0.5) is 10.5 Å². The van der Waals surface area contributed by atoms with Crippen LogP contribution in [0.2, 0.25) is 10.0 Å². The monoisotopic (exact) mass is 636 g/mol. The van der Waals surface area contributed by atoms with Crippen molar-refractivity contribution in [2.45, 2.75) is 13.5 Å². The molecule has 6 nitrogen and oxygen atoms in total. The van der Waals surface area contributed by atoms with Crippen LogP contribution in [-0.2, 0) is 16.2 Å². The fourth-order valence-corrected chi connectivity index (χ4v) is 4.32. The van der Waals surface area contributed by atoms with Gasteiger partial charge >= 0.3 is 6.03 Å². The summed E-state index contributed by atoms with van der Waals surface area (Å²) in [6, 6.07) is 14.6. The maximum absolute atomic E-state index is 13.3. The van der Waals surface area contributed by atoms with Gasteiger partial charge in [-0.2, -0.15) is 0 Å². The Morgan fingerprint density at radius 2 is 1.74 bits per heavy atom. The van der Waals surface area contributed by atoms with Gasteiger partial charge in [-0.25, -0.2) is 9.69 Å². The zero-order valence-electron chi connectivity index (χ0n) is 18.1. The number of barbiturate groups is 1. The summed E-state index contributed by atoms with van der Waals surface area (Å²) in [6.45, 7) is 2.01. The van der Waals surface area contributed by atoms with Crippen molar-refractivity contribution in [3.63, 3.8) is 0 Å². The SMILES string of the molecule is Cc1cc(N2C(=O)NC(=O)/C(=C\c3cc(Br)ccc3OCc3ccc(Cl)c(Cl)c3)C2=O)ccc1Br. The molecular formula is C25H16Br2Cl2N2O4. The molecule has 0 unspecified atom stereocenters. The van der Waals surface area contributed by atoms with Gasteiger partial charge < -0.3 is 4.74 Å². The van der Waals surface area contributed by atoms with E-state index in [2.05, 4.69) is 37.2 Å². The Morgan fingerprint density at radius 3 is 2.46 bits per heavy atom. The van der Waals surface area contributed by atoms with Gasteiger partial charge in [0.1, 0.15) is 17.9 Å². The van der Waals surface area contributed by atoms with E-state index in [-0.39, 0.29) is 12.2 Å². The average Bonchev–Trinajstić information content (AvgIpc) is 2.80. The van der Waals surface area contributed by atoms with E-state index in [0.717, 1.165) is 20.5 Å². The molecule has 1 heterocycles. The van der Waals surface area contributed by atoms with Gasteiger partial charge in [-0.15, -0.1) is 0 Å². The summed E-state index contributed by atoms with van der Waals surface area (Å²) in [5.41, 5.74) is 2.23. The third-order valence-corrected chi connectivity index (χ3v) is 7.27. The van der Waals surface area contributed by atoms with Gasteiger partial charge in [-0.3, -0.25) is 14.9 Å². The number of anilines is 1. The number of hydrogen-bond donors (Lipinski definition) is 1. The van der Waals surface area contributed by atoms with Gasteiger partial charge in [0, 0.05) is 14.5 Å². The van der Waals surface area contributed by atoms with Gasteiger partial charge in [-0.05, 0) is 72.7 Å². The molecule has 0 spiro atoms. The molecule has 1 aliphatic heterocycles. The smallest absolute Gasteiger partial charge is 0.335 e. The summed E-state index contributed by atoms with van der Waals surface area (Å²) in [5, 5.41) is 3.08. The number of nitrogens with one attached hydrogen (secondary N) is 1. The van der Waals surface area contributed by atoms with Crippen molar-refractivity contribution in [3.8, 4) is 5.75 Å². The zero-order valence-corrected chi connectivity index (χ0v) is 22.8. The molecule has 1 aliphatic rings. The molecule has 0 bridgehead atoms. The van der Waals surface area contributed by atoms with Gasteiger partial charge in [0.15, 0.2) is 0 Å². The highest BCUT2D eigenvalue weighted by molar-refractivity contribution is 9.10. The van der Waals surface area contributed by atoms with E-state index < -0.39 is 17.8 Å². The third-order valence-electron chi connectivity index (χ3n) is 5.15. The lowest BCUT2D eigenvalue weighted by Crippen LogP contribution is -2.54. The Labute approximate surface area is 228 Å². The molecule has 1 fully saturated rings. The molecule has 3 aromatic carbocycles. The second-order valence-corrected chi connectivity index (χ2v) is 10.2. The molecule has 0 radical (unpaired) electrons. The molecule has 35 heavy (non-hydrogen) atoms. The predicted molar refractivity (Wildman–Crippen MR) is 143 cm³/mol. The first kappa shape index (κ1) is 25.4. The minimum Gasteiger partial charge on any atom is -0.488 e. The quantitative estimate of drug-likeness (QED) is 0.240. The molecule has 4 rings (SSSR count). The van der Waals surface area contributed by atoms with Crippen molar-refractivity contribution in [1.82, 2.24) is 5.32 Å². The normalized spacial score (nSPS) is 14.9. The van der Waals surface area contributed by atoms with E-state index in [1.54, 1.807) is 54.6 Å². The number of nitrogens with zero attached hydrogens (tertiary/aromatic N) is 1. The number of aryl methyl sites for hydroxylation is 1. The number of urea groups is 1. The number of amides is 4. The van der Waals surface area contributed by atoms with Crippen molar-refractivity contribution in [2.75, 3.05) is 4.90 Å². The van der Waals surface area contributed by atoms with Crippen LogP contribution in [0.3, 0.4) is 0 Å². The summed E-state index contributed by atoms with van der Waals surface area (Å²) in [6.07, 6.45) is 1.40. The molecule has 0 saturated carbocycles. The van der Waals surface area contributed by atoms with Crippen molar-refractivity contribution in [2.24, 2.45) is 0 Å². The summed E-state index contributed by atoms with van der Waals surface area (Å²) < 4.78 is 7.49. The number of carbonyl (C=O) groups is 3. The largest absolute Gasteiger partial charge is 0.488 e. The molecule has 3 aromatic rings. The molecule has 4 amide bonds. The summed E-state index contributed by atoms with van der Waals surface area (Å²) in [5.74, 6) is -1.10. The first-order valence-corrected chi connectivity index (χ1v) is 12.5. The van der Waals surface area contributed by atoms with E-state index in [1.165, 1.54) is 6.08 Å². The van der Waals surface area contributed by atoms with E-state index in [1.807, 2.05) is 6.92 Å². The summed E-state index contributed by atoms with van der Waals surface area (Å²) >= 11 is 18.9. The molecule has 0 atom stereocenters. The molecule has 10 heteroatoms. The number of imide groups is 2. The van der Waals surface area contributed by atoms with E-state index in [0.29, 0.717) is 31.5 Å². The molecular weight excluding hydrogens is 623 g/mol. The number of carbonyl (C=O) groups excluding carboxylic acids is 3. The lowest BCUT2D eigenvalue weighted by molar-refractivity contribution is -0.122. The highest BCUT2D eigenvalue weighted by Crippen LogP contribution is 2.30. The maximum atomic E-state index is 13.3. The zero-order chi connectivity index (χ0) is 25.3. The fraction of sp³-hybridized carbons (Fsp3) is 0.0800. The van der Waals surface area contributed by atoms with E-state index in [4.69, 9.17) is 27.9 Å². The number of hydrogen-bond acceptors (Lipinski definition) is 4. The van der Waals surface area contributed by atoms with E-state index in [9.17, 15) is 14.4 Å². The third kappa shape index (κ3) is 5.62. The number of ether oxygens (including phenoxy) is 1. The standard InChI is InChI=1S/C25H16Br2Cl2N2O4/c1-13-8-17(4-5-19(13)27)31-24(33)18(23(32)30-25(31)34)11-15-10-16(26)3-7-22(15)35-12-14-2-6-20(28)21(29)9-14/h2-11H,12H2,1H3,(H,30,32,34)/b18-11+. The molecule has 0 aromatic heterocycles. The van der Waals surface area contributed by atoms with Crippen LogP contribution in [0.25, 0.3) is 6.08 Å². The van der Waals surface area contributed by atoms with Crippen molar-refractivity contribution in [3.05, 3.63) is 95.9 Å². The minimum absolute atomic E-state index is 0.178. The Balaban J connectivity index is 1.67. The summed E-state index contributed by atoms with van der Waals surface area (Å²) in [4.78, 5) is 39.4. The van der Waals surface area contributed by atoms with Crippen LogP contribution in [0.15, 0.2) is 69.1 Å². The summed E-state index contributed by atoms with van der Waals surface area (Å²) in [7, 11) is 0. The van der Waals surface area contributed by atoms with Gasteiger partial charge in [0.05, 0.1) is 15.7 Å². The lowest BCUT2D eigenvalue weighted by atomic mass is 10.1. The first-order chi connectivity index (χ1) is 16.6. The Hall–Kier alpha value is -2.65. The van der Waals surface area contributed by atoms with Crippen molar-refractivity contribution >= 4 is 84.7 Å². The van der Waals surface area contributed by atoms with Crippen molar-refractivity contribution in [1.29, 1.82) is 0 Å². The van der Waals surface area contributed by atoms with Crippen LogP contribution >= 0.6 is 55.1 Å². The Kier molecular flexibility index (Phi) is 7.66. The second-order valence-electron chi connectivity index (χ2n) is 7.61. The second kappa shape index (κ2) is 10.5. The lowest BCUT2D eigenvalue weighted by Gasteiger charge is -2.27. The number of rotatable bonds is 5. The van der Waals surface area contributed by atoms with Crippen LogP contribution in [0.5, 0.6) is 5.75 Å². The topological polar surface area (TPSA) is 75.7 Å². The van der Waals surface area contributed by atoms with E-state index >= 15 is 0 Å².